The summed E-state index contributed by atoms with van der Waals surface area (Å²) in [5.41, 5.74) is -0.585. The zero-order valence-electron chi connectivity index (χ0n) is 20.6. The Morgan fingerprint density at radius 1 is 0.914 bits per heavy atom. The Labute approximate surface area is 208 Å². The molecule has 1 fully saturated rings. The van der Waals surface area contributed by atoms with E-state index in [0.717, 1.165) is 0 Å². The van der Waals surface area contributed by atoms with E-state index < -0.39 is 19.8 Å². The average molecular weight is 488 g/mol. The van der Waals surface area contributed by atoms with E-state index in [1.54, 1.807) is 24.3 Å². The fraction of sp³-hybridized carbons (Fsp3) is 0.310. The molecule has 0 aromatic heterocycles. The molecule has 0 aliphatic carbocycles. The third kappa shape index (κ3) is 4.95. The smallest absolute Gasteiger partial charge is 0.332 e. The summed E-state index contributed by atoms with van der Waals surface area (Å²) in [6, 6.07) is 29.7. The molecule has 1 atom stereocenters. The van der Waals surface area contributed by atoms with Crippen LogP contribution >= 0.6 is 0 Å². The van der Waals surface area contributed by atoms with Crippen molar-refractivity contribution in [3.05, 3.63) is 96.6 Å². The average Bonchev–Trinajstić information content (AvgIpc) is 3.22. The van der Waals surface area contributed by atoms with Crippen molar-refractivity contribution in [2.75, 3.05) is 13.2 Å². The molecule has 3 aromatic rings. The Bertz CT molecular complexity index is 1110. The first-order valence-corrected chi connectivity index (χ1v) is 14.0. The first kappa shape index (κ1) is 24.9. The van der Waals surface area contributed by atoms with Gasteiger partial charge in [-0.25, -0.2) is 4.79 Å². The van der Waals surface area contributed by atoms with Crippen LogP contribution in [-0.2, 0) is 14.0 Å². The van der Waals surface area contributed by atoms with Crippen molar-refractivity contribution >= 4 is 30.6 Å². The van der Waals surface area contributed by atoms with Crippen LogP contribution in [0.25, 0.3) is 0 Å². The standard InChI is InChI=1S/C29H33NO4Si/c1-28(2,3)35(24-15-9-5-10-16-24,25-17-11-6-12-18-25)34-22-20-29(19-21-33-27(29)32)30-26(31)23-13-7-4-8-14-23/h4-18H,19-22H2,1-3H3,(H,30,31)/t29-/m0/s1. The van der Waals surface area contributed by atoms with Gasteiger partial charge in [-0.3, -0.25) is 4.79 Å². The lowest BCUT2D eigenvalue weighted by atomic mass is 9.93. The lowest BCUT2D eigenvalue weighted by molar-refractivity contribution is -0.143. The largest absolute Gasteiger partial charge is 0.464 e. The second kappa shape index (κ2) is 10.2. The normalized spacial score (nSPS) is 18.2. The van der Waals surface area contributed by atoms with E-state index in [2.05, 4.69) is 50.4 Å². The van der Waals surface area contributed by atoms with Crippen LogP contribution in [0, 0.1) is 0 Å². The molecule has 3 aromatic carbocycles. The molecule has 0 radical (unpaired) electrons. The van der Waals surface area contributed by atoms with E-state index in [9.17, 15) is 9.59 Å². The van der Waals surface area contributed by atoms with E-state index in [0.29, 0.717) is 25.0 Å². The number of carbonyl (C=O) groups is 2. The van der Waals surface area contributed by atoms with Crippen molar-refractivity contribution in [2.24, 2.45) is 0 Å². The minimum absolute atomic E-state index is 0.174. The first-order chi connectivity index (χ1) is 16.8. The van der Waals surface area contributed by atoms with Crippen molar-refractivity contribution in [3.8, 4) is 0 Å². The van der Waals surface area contributed by atoms with E-state index in [1.807, 2.05) is 42.5 Å². The number of cyclic esters (lactones) is 1. The molecular weight excluding hydrogens is 454 g/mol. The Balaban J connectivity index is 1.64. The molecule has 1 amide bonds. The molecule has 182 valence electrons. The van der Waals surface area contributed by atoms with Gasteiger partial charge in [0.2, 0.25) is 0 Å². The van der Waals surface area contributed by atoms with E-state index in [1.165, 1.54) is 10.4 Å². The van der Waals surface area contributed by atoms with Crippen LogP contribution in [0.2, 0.25) is 5.04 Å². The van der Waals surface area contributed by atoms with Crippen LogP contribution in [0.3, 0.4) is 0 Å². The van der Waals surface area contributed by atoms with Gasteiger partial charge in [-0.2, -0.15) is 0 Å². The third-order valence-corrected chi connectivity index (χ3v) is 11.8. The number of carbonyl (C=O) groups excluding carboxylic acids is 2. The van der Waals surface area contributed by atoms with Crippen LogP contribution < -0.4 is 15.7 Å². The Hall–Kier alpha value is -3.22. The number of hydrogen-bond donors (Lipinski definition) is 1. The number of ether oxygens (including phenoxy) is 1. The maximum Gasteiger partial charge on any atom is 0.332 e. The van der Waals surface area contributed by atoms with Crippen LogP contribution in [0.4, 0.5) is 0 Å². The summed E-state index contributed by atoms with van der Waals surface area (Å²) in [5.74, 6) is -0.678. The molecule has 0 unspecified atom stereocenters. The molecule has 1 N–H and O–H groups in total. The monoisotopic (exact) mass is 487 g/mol. The summed E-state index contributed by atoms with van der Waals surface area (Å²) in [7, 11) is -2.74. The molecule has 0 bridgehead atoms. The number of benzene rings is 3. The minimum atomic E-state index is -2.74. The van der Waals surface area contributed by atoms with Crippen LogP contribution in [0.1, 0.15) is 44.0 Å². The van der Waals surface area contributed by atoms with E-state index in [-0.39, 0.29) is 17.6 Å². The quantitative estimate of drug-likeness (QED) is 0.384. The summed E-state index contributed by atoms with van der Waals surface area (Å²) in [4.78, 5) is 25.8. The van der Waals surface area contributed by atoms with Gasteiger partial charge in [0.05, 0.1) is 6.61 Å². The number of rotatable bonds is 8. The number of amides is 1. The lowest BCUT2D eigenvalue weighted by Crippen LogP contribution is -2.67. The van der Waals surface area contributed by atoms with Gasteiger partial charge in [0.15, 0.2) is 0 Å². The Morgan fingerprint density at radius 3 is 1.89 bits per heavy atom. The van der Waals surface area contributed by atoms with Crippen LogP contribution in [0.15, 0.2) is 91.0 Å². The highest BCUT2D eigenvalue weighted by Gasteiger charge is 2.51. The third-order valence-electron chi connectivity index (χ3n) is 6.81. The fourth-order valence-corrected chi connectivity index (χ4v) is 9.54. The van der Waals surface area contributed by atoms with Crippen LogP contribution in [0.5, 0.6) is 0 Å². The van der Waals surface area contributed by atoms with Crippen molar-refractivity contribution < 1.29 is 18.8 Å². The maximum absolute atomic E-state index is 13.0. The SMILES string of the molecule is CC(C)(C)[Si](OCC[C@@]1(NC(=O)c2ccccc2)CCOC1=O)(c1ccccc1)c1ccccc1. The Morgan fingerprint density at radius 2 is 1.43 bits per heavy atom. The summed E-state index contributed by atoms with van der Waals surface area (Å²) < 4.78 is 12.3. The number of nitrogens with one attached hydrogen (secondary N) is 1. The maximum atomic E-state index is 13.0. The fourth-order valence-electron chi connectivity index (χ4n) is 4.98. The minimum Gasteiger partial charge on any atom is -0.464 e. The topological polar surface area (TPSA) is 64.6 Å². The van der Waals surface area contributed by atoms with Gasteiger partial charge in [-0.15, -0.1) is 0 Å². The molecule has 1 aliphatic heterocycles. The molecule has 0 saturated carbocycles. The predicted molar refractivity (Wildman–Crippen MR) is 140 cm³/mol. The van der Waals surface area contributed by atoms with Crippen LogP contribution in [-0.4, -0.2) is 38.9 Å². The van der Waals surface area contributed by atoms with E-state index in [4.69, 9.17) is 9.16 Å². The highest BCUT2D eigenvalue weighted by molar-refractivity contribution is 6.99. The van der Waals surface area contributed by atoms with Crippen molar-refractivity contribution in [1.29, 1.82) is 0 Å². The molecule has 1 saturated heterocycles. The second-order valence-corrected chi connectivity index (χ2v) is 14.4. The highest BCUT2D eigenvalue weighted by atomic mass is 28.4. The lowest BCUT2D eigenvalue weighted by Gasteiger charge is -2.43. The summed E-state index contributed by atoms with van der Waals surface area (Å²) in [5, 5.41) is 5.16. The van der Waals surface area contributed by atoms with Gasteiger partial charge in [0.25, 0.3) is 14.2 Å². The molecule has 6 heteroatoms. The molecule has 35 heavy (non-hydrogen) atoms. The second-order valence-electron chi connectivity index (χ2n) is 10.0. The zero-order valence-corrected chi connectivity index (χ0v) is 21.6. The van der Waals surface area contributed by atoms with Gasteiger partial charge in [0, 0.05) is 25.0 Å². The highest BCUT2D eigenvalue weighted by Crippen LogP contribution is 2.37. The summed E-state index contributed by atoms with van der Waals surface area (Å²) >= 11 is 0. The van der Waals surface area contributed by atoms with Crippen molar-refractivity contribution in [2.45, 2.75) is 44.2 Å². The molecule has 5 nitrogen and oxygen atoms in total. The van der Waals surface area contributed by atoms with Gasteiger partial charge in [-0.1, -0.05) is 99.6 Å². The van der Waals surface area contributed by atoms with Crippen molar-refractivity contribution in [3.63, 3.8) is 0 Å². The van der Waals surface area contributed by atoms with Gasteiger partial charge in [-0.05, 0) is 27.5 Å². The molecular formula is C29H33NO4Si. The van der Waals surface area contributed by atoms with E-state index >= 15 is 0 Å². The number of esters is 1. The first-order valence-electron chi connectivity index (χ1n) is 12.1. The van der Waals surface area contributed by atoms with Gasteiger partial charge < -0.3 is 14.5 Å². The zero-order chi connectivity index (χ0) is 24.9. The summed E-state index contributed by atoms with van der Waals surface area (Å²) in [6.07, 6.45) is 0.767. The molecule has 1 heterocycles. The Kier molecular flexibility index (Phi) is 7.24. The van der Waals surface area contributed by atoms with Crippen molar-refractivity contribution in [1.82, 2.24) is 5.32 Å². The number of hydrogen-bond acceptors (Lipinski definition) is 4. The summed E-state index contributed by atoms with van der Waals surface area (Å²) in [6.45, 7) is 7.26. The van der Waals surface area contributed by atoms with Gasteiger partial charge >= 0.3 is 5.97 Å². The predicted octanol–water partition coefficient (Wildman–Crippen LogP) is 4.07. The molecule has 0 spiro atoms. The molecule has 1 aliphatic rings. The molecule has 4 rings (SSSR count). The van der Waals surface area contributed by atoms with Gasteiger partial charge in [0.1, 0.15) is 5.54 Å².